The van der Waals surface area contributed by atoms with Gasteiger partial charge < -0.3 is 0 Å². The SMILES string of the molecule is Cc1c(C(=O)NO)sc2ccccc12. The Hall–Kier alpha value is -1.39. The lowest BCUT2D eigenvalue weighted by Crippen LogP contribution is -2.17. The number of hydroxylamine groups is 1. The molecule has 0 atom stereocenters. The zero-order valence-electron chi connectivity index (χ0n) is 7.57. The van der Waals surface area contributed by atoms with Gasteiger partial charge in [-0.3, -0.25) is 10.0 Å². The molecule has 2 rings (SSSR count). The molecule has 1 aromatic carbocycles. The molecular formula is C10H9NO2S. The summed E-state index contributed by atoms with van der Waals surface area (Å²) in [6.07, 6.45) is 0. The number of aryl methyl sites for hydroxylation is 1. The summed E-state index contributed by atoms with van der Waals surface area (Å²) >= 11 is 1.38. The van der Waals surface area contributed by atoms with Gasteiger partial charge in [-0.1, -0.05) is 18.2 Å². The zero-order chi connectivity index (χ0) is 10.1. The highest BCUT2D eigenvalue weighted by molar-refractivity contribution is 7.21. The van der Waals surface area contributed by atoms with Crippen molar-refractivity contribution in [3.8, 4) is 0 Å². The van der Waals surface area contributed by atoms with Crippen LogP contribution in [-0.2, 0) is 0 Å². The van der Waals surface area contributed by atoms with Gasteiger partial charge in [0, 0.05) is 4.70 Å². The molecule has 0 bridgehead atoms. The third kappa shape index (κ3) is 1.29. The van der Waals surface area contributed by atoms with Gasteiger partial charge in [-0.2, -0.15) is 0 Å². The quantitative estimate of drug-likeness (QED) is 0.557. The molecule has 0 aliphatic heterocycles. The van der Waals surface area contributed by atoms with Gasteiger partial charge in [-0.05, 0) is 23.9 Å². The molecule has 0 fully saturated rings. The van der Waals surface area contributed by atoms with Crippen LogP contribution in [0.2, 0.25) is 0 Å². The van der Waals surface area contributed by atoms with Crippen LogP contribution in [0.15, 0.2) is 24.3 Å². The number of carbonyl (C=O) groups excluding carboxylic acids is 1. The van der Waals surface area contributed by atoms with Gasteiger partial charge in [-0.25, -0.2) is 5.48 Å². The summed E-state index contributed by atoms with van der Waals surface area (Å²) < 4.78 is 1.06. The van der Waals surface area contributed by atoms with Crippen molar-refractivity contribution in [2.24, 2.45) is 0 Å². The van der Waals surface area contributed by atoms with Crippen molar-refractivity contribution in [1.29, 1.82) is 0 Å². The van der Waals surface area contributed by atoms with E-state index >= 15 is 0 Å². The van der Waals surface area contributed by atoms with Crippen LogP contribution in [0.25, 0.3) is 10.1 Å². The summed E-state index contributed by atoms with van der Waals surface area (Å²) in [6, 6.07) is 7.79. The maximum atomic E-state index is 11.3. The third-order valence-corrected chi connectivity index (χ3v) is 3.42. The Kier molecular flexibility index (Phi) is 2.23. The first-order valence-corrected chi connectivity index (χ1v) is 4.98. The number of thiophene rings is 1. The molecular weight excluding hydrogens is 198 g/mol. The highest BCUT2D eigenvalue weighted by atomic mass is 32.1. The number of hydrogen-bond donors (Lipinski definition) is 2. The molecule has 0 saturated carbocycles. The van der Waals surface area contributed by atoms with Crippen LogP contribution >= 0.6 is 11.3 Å². The van der Waals surface area contributed by atoms with Crippen molar-refractivity contribution in [1.82, 2.24) is 5.48 Å². The number of rotatable bonds is 1. The number of benzene rings is 1. The molecule has 72 valence electrons. The van der Waals surface area contributed by atoms with Crippen LogP contribution in [0.5, 0.6) is 0 Å². The van der Waals surface area contributed by atoms with Crippen molar-refractivity contribution >= 4 is 27.3 Å². The van der Waals surface area contributed by atoms with E-state index in [0.717, 1.165) is 15.6 Å². The van der Waals surface area contributed by atoms with Crippen molar-refractivity contribution in [3.63, 3.8) is 0 Å². The number of fused-ring (bicyclic) bond motifs is 1. The first-order valence-electron chi connectivity index (χ1n) is 4.16. The molecule has 3 nitrogen and oxygen atoms in total. The van der Waals surface area contributed by atoms with Crippen molar-refractivity contribution in [2.75, 3.05) is 0 Å². The minimum absolute atomic E-state index is 0.441. The molecule has 0 spiro atoms. The van der Waals surface area contributed by atoms with E-state index in [4.69, 9.17) is 5.21 Å². The largest absolute Gasteiger partial charge is 0.288 e. The fourth-order valence-electron chi connectivity index (χ4n) is 1.44. The highest BCUT2D eigenvalue weighted by Crippen LogP contribution is 2.30. The van der Waals surface area contributed by atoms with E-state index in [-0.39, 0.29) is 0 Å². The van der Waals surface area contributed by atoms with E-state index < -0.39 is 5.91 Å². The van der Waals surface area contributed by atoms with Crippen LogP contribution in [0, 0.1) is 6.92 Å². The van der Waals surface area contributed by atoms with Gasteiger partial charge in [0.2, 0.25) is 0 Å². The van der Waals surface area contributed by atoms with Crippen molar-refractivity contribution < 1.29 is 10.0 Å². The van der Waals surface area contributed by atoms with E-state index in [9.17, 15) is 4.79 Å². The number of nitrogens with one attached hydrogen (secondary N) is 1. The second-order valence-corrected chi connectivity index (χ2v) is 4.05. The lowest BCUT2D eigenvalue weighted by molar-refractivity contribution is 0.0710. The van der Waals surface area contributed by atoms with Crippen LogP contribution in [0.1, 0.15) is 15.2 Å². The van der Waals surface area contributed by atoms with E-state index in [1.54, 1.807) is 5.48 Å². The first kappa shape index (κ1) is 9.18. The van der Waals surface area contributed by atoms with E-state index in [0.29, 0.717) is 4.88 Å². The fraction of sp³-hybridized carbons (Fsp3) is 0.100. The molecule has 14 heavy (non-hydrogen) atoms. The first-order chi connectivity index (χ1) is 6.74. The average Bonchev–Trinajstić information content (AvgIpc) is 2.56. The molecule has 1 aromatic heterocycles. The van der Waals surface area contributed by atoms with Crippen LogP contribution in [0.4, 0.5) is 0 Å². The van der Waals surface area contributed by atoms with Gasteiger partial charge in [0.25, 0.3) is 5.91 Å². The molecule has 4 heteroatoms. The third-order valence-electron chi connectivity index (χ3n) is 2.15. The standard InChI is InChI=1S/C10H9NO2S/c1-6-7-4-2-3-5-8(7)14-9(6)10(12)11-13/h2-5,13H,1H3,(H,11,12). The van der Waals surface area contributed by atoms with Crippen LogP contribution in [-0.4, -0.2) is 11.1 Å². The zero-order valence-corrected chi connectivity index (χ0v) is 8.39. The summed E-state index contributed by atoms with van der Waals surface area (Å²) in [7, 11) is 0. The van der Waals surface area contributed by atoms with E-state index in [1.807, 2.05) is 31.2 Å². The second kappa shape index (κ2) is 3.40. The van der Waals surface area contributed by atoms with Crippen molar-refractivity contribution in [3.05, 3.63) is 34.7 Å². The summed E-state index contributed by atoms with van der Waals surface area (Å²) in [5.74, 6) is -0.441. The topological polar surface area (TPSA) is 49.3 Å². The van der Waals surface area contributed by atoms with Gasteiger partial charge in [-0.15, -0.1) is 11.3 Å². The molecule has 1 amide bonds. The maximum absolute atomic E-state index is 11.3. The Morgan fingerprint density at radius 3 is 2.79 bits per heavy atom. The fourth-order valence-corrected chi connectivity index (χ4v) is 2.54. The average molecular weight is 207 g/mol. The molecule has 0 aliphatic rings. The summed E-state index contributed by atoms with van der Waals surface area (Å²) in [5, 5.41) is 9.61. The Bertz CT molecular complexity index is 490. The minimum Gasteiger partial charge on any atom is -0.288 e. The predicted molar refractivity (Wildman–Crippen MR) is 55.8 cm³/mol. The molecule has 0 aliphatic carbocycles. The smallest absolute Gasteiger partial charge is 0.285 e. The number of amides is 1. The minimum atomic E-state index is -0.441. The Morgan fingerprint density at radius 1 is 1.43 bits per heavy atom. The molecule has 1 heterocycles. The van der Waals surface area contributed by atoms with Gasteiger partial charge in [0.15, 0.2) is 0 Å². The normalized spacial score (nSPS) is 10.4. The summed E-state index contributed by atoms with van der Waals surface area (Å²) in [4.78, 5) is 11.8. The highest BCUT2D eigenvalue weighted by Gasteiger charge is 2.13. The number of hydrogen-bond acceptors (Lipinski definition) is 3. The molecule has 0 unspecified atom stereocenters. The maximum Gasteiger partial charge on any atom is 0.285 e. The van der Waals surface area contributed by atoms with Gasteiger partial charge >= 0.3 is 0 Å². The van der Waals surface area contributed by atoms with E-state index in [1.165, 1.54) is 11.3 Å². The van der Waals surface area contributed by atoms with Gasteiger partial charge in [0.05, 0.1) is 4.88 Å². The second-order valence-electron chi connectivity index (χ2n) is 2.99. The molecule has 0 radical (unpaired) electrons. The van der Waals surface area contributed by atoms with Gasteiger partial charge in [0.1, 0.15) is 0 Å². The molecule has 0 saturated heterocycles. The molecule has 2 aromatic rings. The Balaban J connectivity index is 2.68. The Morgan fingerprint density at radius 2 is 2.14 bits per heavy atom. The predicted octanol–water partition coefficient (Wildman–Crippen LogP) is 2.33. The lowest BCUT2D eigenvalue weighted by Gasteiger charge is -1.94. The van der Waals surface area contributed by atoms with Crippen molar-refractivity contribution in [2.45, 2.75) is 6.92 Å². The monoisotopic (exact) mass is 207 g/mol. The van der Waals surface area contributed by atoms with Crippen LogP contribution < -0.4 is 5.48 Å². The molecule has 2 N–H and O–H groups in total. The summed E-state index contributed by atoms with van der Waals surface area (Å²) in [5.41, 5.74) is 2.57. The Labute approximate surface area is 84.9 Å². The summed E-state index contributed by atoms with van der Waals surface area (Å²) in [6.45, 7) is 1.88. The van der Waals surface area contributed by atoms with E-state index in [2.05, 4.69) is 0 Å². The van der Waals surface area contributed by atoms with Crippen LogP contribution in [0.3, 0.4) is 0 Å². The lowest BCUT2D eigenvalue weighted by atomic mass is 10.1. The number of carbonyl (C=O) groups is 1.